The molecule has 0 heterocycles. The van der Waals surface area contributed by atoms with Gasteiger partial charge in [0, 0.05) is 6.04 Å². The Balaban J connectivity index is 2.16. The topological polar surface area (TPSA) is 12.0 Å². The van der Waals surface area contributed by atoms with Crippen LogP contribution in [0, 0.1) is 5.82 Å². The van der Waals surface area contributed by atoms with Gasteiger partial charge in [-0.25, -0.2) is 4.39 Å². The number of aryl methyl sites for hydroxylation is 1. The van der Waals surface area contributed by atoms with E-state index in [1.807, 2.05) is 13.1 Å². The number of hydrogen-bond acceptors (Lipinski definition) is 1. The van der Waals surface area contributed by atoms with Gasteiger partial charge in [-0.3, -0.25) is 0 Å². The standard InChI is InChI=1S/C17H19ClFN/c1-3-12-4-7-14(8-5-12)17(20-2)11-13-6-9-15(18)16(19)10-13/h4-10,17,20H,3,11H2,1-2H3. The predicted octanol–water partition coefficient (Wildman–Crippen LogP) is 4.54. The summed E-state index contributed by atoms with van der Waals surface area (Å²) in [6.07, 6.45) is 1.77. The summed E-state index contributed by atoms with van der Waals surface area (Å²) in [5, 5.41) is 3.45. The quantitative estimate of drug-likeness (QED) is 0.852. The van der Waals surface area contributed by atoms with Crippen LogP contribution in [0.15, 0.2) is 42.5 Å². The van der Waals surface area contributed by atoms with E-state index in [0.29, 0.717) is 0 Å². The van der Waals surface area contributed by atoms with E-state index in [2.05, 4.69) is 36.5 Å². The maximum Gasteiger partial charge on any atom is 0.142 e. The predicted molar refractivity (Wildman–Crippen MR) is 82.7 cm³/mol. The molecule has 0 saturated heterocycles. The van der Waals surface area contributed by atoms with Crippen LogP contribution in [0.25, 0.3) is 0 Å². The molecule has 0 fully saturated rings. The van der Waals surface area contributed by atoms with Gasteiger partial charge < -0.3 is 5.32 Å². The van der Waals surface area contributed by atoms with Crippen molar-refractivity contribution in [1.29, 1.82) is 0 Å². The average molecular weight is 292 g/mol. The maximum atomic E-state index is 13.5. The highest BCUT2D eigenvalue weighted by Gasteiger charge is 2.11. The van der Waals surface area contributed by atoms with Gasteiger partial charge in [0.05, 0.1) is 5.02 Å². The summed E-state index contributed by atoms with van der Waals surface area (Å²) in [6, 6.07) is 13.7. The highest BCUT2D eigenvalue weighted by molar-refractivity contribution is 6.30. The second-order valence-corrected chi connectivity index (χ2v) is 5.30. The third-order valence-corrected chi connectivity index (χ3v) is 3.87. The molecule has 0 radical (unpaired) electrons. The van der Waals surface area contributed by atoms with Gasteiger partial charge in [0.25, 0.3) is 0 Å². The molecule has 1 atom stereocenters. The van der Waals surface area contributed by atoms with Gasteiger partial charge in [-0.05, 0) is 48.7 Å². The fourth-order valence-electron chi connectivity index (χ4n) is 2.27. The number of rotatable bonds is 5. The van der Waals surface area contributed by atoms with Gasteiger partial charge in [-0.2, -0.15) is 0 Å². The molecule has 0 spiro atoms. The maximum absolute atomic E-state index is 13.5. The first-order chi connectivity index (χ1) is 9.63. The zero-order valence-corrected chi connectivity index (χ0v) is 12.5. The van der Waals surface area contributed by atoms with Gasteiger partial charge >= 0.3 is 0 Å². The van der Waals surface area contributed by atoms with E-state index in [0.717, 1.165) is 18.4 Å². The Kier molecular flexibility index (Phi) is 5.16. The normalized spacial score (nSPS) is 12.4. The highest BCUT2D eigenvalue weighted by Crippen LogP contribution is 2.22. The first-order valence-electron chi connectivity index (χ1n) is 6.84. The molecule has 3 heteroatoms. The molecule has 1 N–H and O–H groups in total. The molecule has 2 rings (SSSR count). The van der Waals surface area contributed by atoms with E-state index in [4.69, 9.17) is 11.6 Å². The third-order valence-electron chi connectivity index (χ3n) is 3.56. The van der Waals surface area contributed by atoms with Crippen LogP contribution in [-0.4, -0.2) is 7.05 Å². The molecule has 0 saturated carbocycles. The molecular weight excluding hydrogens is 273 g/mol. The van der Waals surface area contributed by atoms with E-state index in [-0.39, 0.29) is 16.9 Å². The van der Waals surface area contributed by atoms with Crippen LogP contribution in [0.1, 0.15) is 29.7 Å². The van der Waals surface area contributed by atoms with Crippen LogP contribution in [-0.2, 0) is 12.8 Å². The summed E-state index contributed by atoms with van der Waals surface area (Å²) in [6.45, 7) is 2.14. The van der Waals surface area contributed by atoms with Gasteiger partial charge in [0.2, 0.25) is 0 Å². The number of halogens is 2. The van der Waals surface area contributed by atoms with Crippen molar-refractivity contribution in [2.24, 2.45) is 0 Å². The van der Waals surface area contributed by atoms with Gasteiger partial charge in [0.15, 0.2) is 0 Å². The lowest BCUT2D eigenvalue weighted by Gasteiger charge is -2.17. The van der Waals surface area contributed by atoms with Gasteiger partial charge in [0.1, 0.15) is 5.82 Å². The van der Waals surface area contributed by atoms with E-state index in [1.54, 1.807) is 6.07 Å². The van der Waals surface area contributed by atoms with Crippen molar-refractivity contribution in [3.8, 4) is 0 Å². The largest absolute Gasteiger partial charge is 0.313 e. The number of nitrogens with one attached hydrogen (secondary N) is 1. The third kappa shape index (κ3) is 3.59. The summed E-state index contributed by atoms with van der Waals surface area (Å²) < 4.78 is 13.5. The second kappa shape index (κ2) is 6.87. The molecule has 0 aliphatic carbocycles. The van der Waals surface area contributed by atoms with Crippen LogP contribution in [0.2, 0.25) is 5.02 Å². The lowest BCUT2D eigenvalue weighted by atomic mass is 9.97. The molecule has 2 aromatic carbocycles. The Morgan fingerprint density at radius 1 is 1.10 bits per heavy atom. The minimum atomic E-state index is -0.361. The van der Waals surface area contributed by atoms with Crippen molar-refractivity contribution in [2.45, 2.75) is 25.8 Å². The highest BCUT2D eigenvalue weighted by atomic mass is 35.5. The van der Waals surface area contributed by atoms with Crippen LogP contribution < -0.4 is 5.32 Å². The van der Waals surface area contributed by atoms with E-state index in [9.17, 15) is 4.39 Å². The van der Waals surface area contributed by atoms with Crippen molar-refractivity contribution in [2.75, 3.05) is 7.05 Å². The van der Waals surface area contributed by atoms with Gasteiger partial charge in [-0.1, -0.05) is 48.9 Å². The lowest BCUT2D eigenvalue weighted by Crippen LogP contribution is -2.18. The van der Waals surface area contributed by atoms with Crippen molar-refractivity contribution in [3.63, 3.8) is 0 Å². The average Bonchev–Trinajstić information content (AvgIpc) is 2.48. The Bertz CT molecular complexity index is 566. The number of likely N-dealkylation sites (N-methyl/N-ethyl adjacent to an activating group) is 1. The molecule has 0 amide bonds. The van der Waals surface area contributed by atoms with Gasteiger partial charge in [-0.15, -0.1) is 0 Å². The SMILES string of the molecule is CCc1ccc(C(Cc2ccc(Cl)c(F)c2)NC)cc1. The minimum absolute atomic E-state index is 0.168. The summed E-state index contributed by atoms with van der Waals surface area (Å²) in [7, 11) is 1.92. The Hall–Kier alpha value is -1.38. The minimum Gasteiger partial charge on any atom is -0.313 e. The monoisotopic (exact) mass is 291 g/mol. The molecule has 20 heavy (non-hydrogen) atoms. The second-order valence-electron chi connectivity index (χ2n) is 4.89. The molecule has 1 nitrogen and oxygen atoms in total. The molecule has 0 bridgehead atoms. The Morgan fingerprint density at radius 3 is 2.30 bits per heavy atom. The molecule has 0 aromatic heterocycles. The fraction of sp³-hybridized carbons (Fsp3) is 0.294. The summed E-state index contributed by atoms with van der Waals surface area (Å²) >= 11 is 5.71. The van der Waals surface area contributed by atoms with Crippen molar-refractivity contribution in [3.05, 3.63) is 70.0 Å². The summed E-state index contributed by atoms with van der Waals surface area (Å²) in [4.78, 5) is 0. The zero-order valence-electron chi connectivity index (χ0n) is 11.8. The van der Waals surface area contributed by atoms with Crippen molar-refractivity contribution < 1.29 is 4.39 Å². The van der Waals surface area contributed by atoms with Crippen LogP contribution in [0.4, 0.5) is 4.39 Å². The number of benzene rings is 2. The van der Waals surface area contributed by atoms with Crippen molar-refractivity contribution in [1.82, 2.24) is 5.32 Å². The summed E-state index contributed by atoms with van der Waals surface area (Å²) in [5.41, 5.74) is 3.46. The molecular formula is C17H19ClFN. The molecule has 2 aromatic rings. The Labute approximate surface area is 124 Å². The lowest BCUT2D eigenvalue weighted by molar-refractivity contribution is 0.584. The van der Waals surface area contributed by atoms with Crippen LogP contribution in [0.5, 0.6) is 0 Å². The van der Waals surface area contributed by atoms with Crippen LogP contribution in [0.3, 0.4) is 0 Å². The van der Waals surface area contributed by atoms with Crippen LogP contribution >= 0.6 is 11.6 Å². The number of hydrogen-bond donors (Lipinski definition) is 1. The molecule has 106 valence electrons. The smallest absolute Gasteiger partial charge is 0.142 e. The Morgan fingerprint density at radius 2 is 1.75 bits per heavy atom. The van der Waals surface area contributed by atoms with Crippen molar-refractivity contribution >= 4 is 11.6 Å². The molecule has 1 unspecified atom stereocenters. The zero-order chi connectivity index (χ0) is 14.5. The van der Waals surface area contributed by atoms with E-state index >= 15 is 0 Å². The summed E-state index contributed by atoms with van der Waals surface area (Å²) in [5.74, 6) is -0.361. The first kappa shape index (κ1) is 15.0. The first-order valence-corrected chi connectivity index (χ1v) is 7.22. The molecule has 0 aliphatic rings. The fourth-order valence-corrected chi connectivity index (χ4v) is 2.39. The van der Waals surface area contributed by atoms with E-state index < -0.39 is 0 Å². The molecule has 0 aliphatic heterocycles. The van der Waals surface area contributed by atoms with E-state index in [1.165, 1.54) is 17.2 Å².